The SMILES string of the molecule is COc1ccc(O[C@@H]2CCCC[C@@H]2[N@@+]2(COP(=O)([O-])O)CC[C@H](O)C2)cc1OC. The first-order valence-corrected chi connectivity index (χ1v) is 11.4. The van der Waals surface area contributed by atoms with Crippen molar-refractivity contribution in [1.82, 2.24) is 0 Å². The smallest absolute Gasteiger partial charge is 0.269 e. The van der Waals surface area contributed by atoms with Crippen LogP contribution in [0.3, 0.4) is 0 Å². The molecule has 1 heterocycles. The zero-order valence-corrected chi connectivity index (χ0v) is 17.8. The van der Waals surface area contributed by atoms with E-state index < -0.39 is 13.9 Å². The summed E-state index contributed by atoms with van der Waals surface area (Å²) < 4.78 is 33.2. The van der Waals surface area contributed by atoms with Crippen LogP contribution in [0, 0.1) is 0 Å². The molecule has 3 rings (SSSR count). The number of ether oxygens (including phenoxy) is 3. The van der Waals surface area contributed by atoms with E-state index in [0.29, 0.717) is 36.8 Å². The molecule has 0 spiro atoms. The maximum absolute atomic E-state index is 11.2. The largest absolute Gasteiger partial charge is 0.756 e. The third kappa shape index (κ3) is 5.42. The number of quaternary nitrogens is 1. The summed E-state index contributed by atoms with van der Waals surface area (Å²) in [5, 5.41) is 10.2. The van der Waals surface area contributed by atoms with Crippen LogP contribution in [0.25, 0.3) is 0 Å². The lowest BCUT2D eigenvalue weighted by molar-refractivity contribution is -0.959. The van der Waals surface area contributed by atoms with E-state index in [2.05, 4.69) is 0 Å². The highest BCUT2D eigenvalue weighted by Gasteiger charge is 2.49. The average Bonchev–Trinajstić information content (AvgIpc) is 3.08. The van der Waals surface area contributed by atoms with Gasteiger partial charge in [0.15, 0.2) is 24.3 Å². The van der Waals surface area contributed by atoms with Crippen molar-refractivity contribution in [1.29, 1.82) is 0 Å². The Morgan fingerprint density at radius 2 is 1.90 bits per heavy atom. The van der Waals surface area contributed by atoms with Gasteiger partial charge < -0.3 is 29.1 Å². The lowest BCUT2D eigenvalue weighted by Gasteiger charge is -2.46. The van der Waals surface area contributed by atoms with E-state index in [0.717, 1.165) is 25.7 Å². The van der Waals surface area contributed by atoms with Crippen molar-refractivity contribution in [3.63, 3.8) is 0 Å². The van der Waals surface area contributed by atoms with Crippen LogP contribution in [-0.4, -0.2) is 66.8 Å². The molecule has 1 aromatic rings. The van der Waals surface area contributed by atoms with Crippen molar-refractivity contribution in [2.45, 2.75) is 50.4 Å². The van der Waals surface area contributed by atoms with Gasteiger partial charge in [0.1, 0.15) is 24.4 Å². The number of aliphatic hydroxyl groups excluding tert-OH is 1. The minimum absolute atomic E-state index is 0.0550. The summed E-state index contributed by atoms with van der Waals surface area (Å²) in [6, 6.07) is 5.30. The number of rotatable bonds is 8. The fraction of sp³-hybridized carbons (Fsp3) is 0.684. The predicted octanol–water partition coefficient (Wildman–Crippen LogP) is 1.41. The molecule has 9 nitrogen and oxygen atoms in total. The van der Waals surface area contributed by atoms with Gasteiger partial charge in [0.05, 0.1) is 20.8 Å². The Kier molecular flexibility index (Phi) is 7.09. The number of phosphoric ester groups is 1. The number of benzene rings is 1. The standard InChI is InChI=1S/C19H30NO8P/c1-25-18-8-7-15(11-19(18)26-2)28-17-6-4-3-5-16(17)20(10-9-14(21)12-20)13-27-29(22,23)24/h7-8,11,14,16-17,21H,3-6,9-10,12-13H2,1-2H3,(H-,22,23,24)/t14-,16-,17+,20-/m0/s1. The lowest BCUT2D eigenvalue weighted by atomic mass is 9.89. The normalized spacial score (nSPS) is 31.8. The summed E-state index contributed by atoms with van der Waals surface area (Å²) in [4.78, 5) is 20.3. The summed E-state index contributed by atoms with van der Waals surface area (Å²) in [5.41, 5.74) is 0. The maximum atomic E-state index is 11.2. The van der Waals surface area contributed by atoms with Crippen molar-refractivity contribution >= 4 is 7.82 Å². The Labute approximate surface area is 171 Å². The number of phosphoric acid groups is 1. The topological polar surface area (TPSA) is 118 Å². The molecular weight excluding hydrogens is 401 g/mol. The Bertz CT molecular complexity index is 741. The van der Waals surface area contributed by atoms with Gasteiger partial charge in [-0.25, -0.2) is 0 Å². The average molecular weight is 431 g/mol. The quantitative estimate of drug-likeness (QED) is 0.469. The highest BCUT2D eigenvalue weighted by atomic mass is 31.2. The van der Waals surface area contributed by atoms with E-state index in [1.54, 1.807) is 26.4 Å². The van der Waals surface area contributed by atoms with Gasteiger partial charge in [-0.3, -0.25) is 13.6 Å². The van der Waals surface area contributed by atoms with Gasteiger partial charge in [-0.2, -0.15) is 0 Å². The van der Waals surface area contributed by atoms with Gasteiger partial charge in [0.2, 0.25) is 0 Å². The van der Waals surface area contributed by atoms with Crippen molar-refractivity contribution in [3.05, 3.63) is 18.2 Å². The van der Waals surface area contributed by atoms with E-state index >= 15 is 0 Å². The van der Waals surface area contributed by atoms with Crippen molar-refractivity contribution in [2.24, 2.45) is 0 Å². The minimum Gasteiger partial charge on any atom is -0.756 e. The van der Waals surface area contributed by atoms with Crippen LogP contribution < -0.4 is 19.1 Å². The van der Waals surface area contributed by atoms with Gasteiger partial charge in [0.25, 0.3) is 7.82 Å². The van der Waals surface area contributed by atoms with Crippen LogP contribution >= 0.6 is 7.82 Å². The second kappa shape index (κ2) is 9.20. The zero-order chi connectivity index (χ0) is 21.1. The van der Waals surface area contributed by atoms with E-state index in [-0.39, 0.29) is 23.4 Å². The Morgan fingerprint density at radius 3 is 2.52 bits per heavy atom. The van der Waals surface area contributed by atoms with Gasteiger partial charge in [-0.05, 0) is 31.4 Å². The molecule has 1 saturated carbocycles. The number of methoxy groups -OCH3 is 2. The zero-order valence-electron chi connectivity index (χ0n) is 16.9. The summed E-state index contributed by atoms with van der Waals surface area (Å²) in [6.45, 7) is 0.735. The van der Waals surface area contributed by atoms with Gasteiger partial charge in [0, 0.05) is 18.9 Å². The molecule has 2 fully saturated rings. The van der Waals surface area contributed by atoms with Crippen LogP contribution in [-0.2, 0) is 9.09 Å². The molecule has 0 bridgehead atoms. The first-order valence-electron chi connectivity index (χ1n) is 9.87. The number of nitrogens with zero attached hydrogens (tertiary/aromatic N) is 1. The van der Waals surface area contributed by atoms with E-state index in [1.807, 2.05) is 6.07 Å². The summed E-state index contributed by atoms with van der Waals surface area (Å²) in [6.07, 6.45) is 3.45. The summed E-state index contributed by atoms with van der Waals surface area (Å²) in [7, 11) is -1.73. The van der Waals surface area contributed by atoms with Crippen molar-refractivity contribution in [2.75, 3.05) is 34.0 Å². The molecule has 0 radical (unpaired) electrons. The first-order chi connectivity index (χ1) is 13.8. The van der Waals surface area contributed by atoms with Crippen LogP contribution in [0.2, 0.25) is 0 Å². The Hall–Kier alpha value is -1.35. The molecule has 0 aromatic heterocycles. The molecule has 1 aliphatic carbocycles. The fourth-order valence-corrected chi connectivity index (χ4v) is 4.99. The van der Waals surface area contributed by atoms with Gasteiger partial charge in [-0.15, -0.1) is 0 Å². The molecule has 0 amide bonds. The molecular formula is C19H30NO8P. The third-order valence-electron chi connectivity index (χ3n) is 5.97. The molecule has 29 heavy (non-hydrogen) atoms. The minimum atomic E-state index is -4.86. The first kappa shape index (κ1) is 22.3. The molecule has 1 unspecified atom stereocenters. The number of hydrogen-bond acceptors (Lipinski definition) is 7. The Balaban J connectivity index is 1.82. The molecule has 5 atom stereocenters. The van der Waals surface area contributed by atoms with E-state index in [9.17, 15) is 14.6 Å². The number of likely N-dealkylation sites (tertiary alicyclic amines) is 1. The van der Waals surface area contributed by atoms with Crippen molar-refractivity contribution in [3.8, 4) is 17.2 Å². The molecule has 1 aliphatic heterocycles. The molecule has 2 aliphatic rings. The summed E-state index contributed by atoms with van der Waals surface area (Å²) in [5.74, 6) is 1.80. The molecule has 10 heteroatoms. The maximum Gasteiger partial charge on any atom is 0.269 e. The van der Waals surface area contributed by atoms with Gasteiger partial charge >= 0.3 is 0 Å². The fourth-order valence-electron chi connectivity index (χ4n) is 4.62. The molecule has 1 saturated heterocycles. The molecule has 2 N–H and O–H groups in total. The second-order valence-corrected chi connectivity index (χ2v) is 9.01. The van der Waals surface area contributed by atoms with Crippen LogP contribution in [0.15, 0.2) is 18.2 Å². The second-order valence-electron chi connectivity index (χ2n) is 7.82. The number of hydrogen-bond donors (Lipinski definition) is 2. The lowest BCUT2D eigenvalue weighted by Crippen LogP contribution is -2.61. The monoisotopic (exact) mass is 431 g/mol. The Morgan fingerprint density at radius 1 is 1.17 bits per heavy atom. The highest BCUT2D eigenvalue weighted by molar-refractivity contribution is 7.44. The highest BCUT2D eigenvalue weighted by Crippen LogP contribution is 2.40. The third-order valence-corrected chi connectivity index (χ3v) is 6.42. The van der Waals surface area contributed by atoms with Crippen LogP contribution in [0.5, 0.6) is 17.2 Å². The van der Waals surface area contributed by atoms with E-state index in [1.165, 1.54) is 0 Å². The molecule has 164 valence electrons. The molecule has 1 aromatic carbocycles. The van der Waals surface area contributed by atoms with Gasteiger partial charge in [-0.1, -0.05) is 0 Å². The van der Waals surface area contributed by atoms with Crippen LogP contribution in [0.1, 0.15) is 32.1 Å². The van der Waals surface area contributed by atoms with Crippen molar-refractivity contribution < 1.29 is 42.7 Å². The predicted molar refractivity (Wildman–Crippen MR) is 103 cm³/mol. The number of aliphatic hydroxyl groups is 1. The summed E-state index contributed by atoms with van der Waals surface area (Å²) >= 11 is 0. The van der Waals surface area contributed by atoms with Crippen LogP contribution in [0.4, 0.5) is 0 Å². The van der Waals surface area contributed by atoms with E-state index in [4.69, 9.17) is 23.6 Å².